The molecule has 0 bridgehead atoms. The molecule has 3 fully saturated rings. The number of nitrogens with one attached hydrogen (secondary N) is 3. The van der Waals surface area contributed by atoms with Gasteiger partial charge in [0.05, 0.1) is 20.2 Å². The molecule has 32 heteroatoms. The van der Waals surface area contributed by atoms with Crippen molar-refractivity contribution in [3.8, 4) is 0 Å². The molecular formula is C73H84ClFN16O9S5. The van der Waals surface area contributed by atoms with E-state index >= 15 is 0 Å². The highest BCUT2D eigenvalue weighted by Crippen LogP contribution is 2.31. The molecule has 1 unspecified atom stereocenters. The Morgan fingerprint density at radius 1 is 0.533 bits per heavy atom. The van der Waals surface area contributed by atoms with Crippen molar-refractivity contribution in [2.75, 3.05) is 101 Å². The van der Waals surface area contributed by atoms with Gasteiger partial charge >= 0.3 is 0 Å². The second kappa shape index (κ2) is 31.5. The van der Waals surface area contributed by atoms with Crippen LogP contribution in [0.25, 0.3) is 32.7 Å². The molecule has 0 spiro atoms. The summed E-state index contributed by atoms with van der Waals surface area (Å²) < 4.78 is 103. The van der Waals surface area contributed by atoms with Crippen molar-refractivity contribution in [1.82, 2.24) is 48.3 Å². The number of amides is 3. The molecule has 0 aliphatic carbocycles. The molecule has 15 rings (SSSR count). The molecule has 3 saturated heterocycles. The van der Waals surface area contributed by atoms with E-state index in [1.54, 1.807) is 102 Å². The minimum atomic E-state index is -3.77. The lowest BCUT2D eigenvalue weighted by molar-refractivity contribution is -0.135. The molecule has 3 aliphatic heterocycles. The van der Waals surface area contributed by atoms with E-state index in [2.05, 4.69) is 48.8 Å². The third-order valence-corrected chi connectivity index (χ3v) is 24.7. The van der Waals surface area contributed by atoms with E-state index in [1.165, 1.54) is 47.3 Å². The molecule has 554 valence electrons. The fourth-order valence-electron chi connectivity index (χ4n) is 13.1. The van der Waals surface area contributed by atoms with Crippen LogP contribution < -0.4 is 28.9 Å². The number of carbonyl (C=O) groups is 3. The first-order chi connectivity index (χ1) is 50.5. The van der Waals surface area contributed by atoms with E-state index in [0.717, 1.165) is 38.9 Å². The van der Waals surface area contributed by atoms with Crippen LogP contribution in [-0.2, 0) is 51.0 Å². The maximum Gasteiger partial charge on any atom is 0.263 e. The quantitative estimate of drug-likeness (QED) is 0.0720. The van der Waals surface area contributed by atoms with Gasteiger partial charge in [-0.05, 0) is 159 Å². The summed E-state index contributed by atoms with van der Waals surface area (Å²) in [5.41, 5.74) is 5.42. The molecule has 9 heterocycles. The summed E-state index contributed by atoms with van der Waals surface area (Å²) in [7, 11) is -11.1. The van der Waals surface area contributed by atoms with Gasteiger partial charge in [0.1, 0.15) is 36.6 Å². The highest BCUT2D eigenvalue weighted by Gasteiger charge is 2.32. The fourth-order valence-corrected chi connectivity index (χ4v) is 17.9. The number of halogens is 2. The van der Waals surface area contributed by atoms with Gasteiger partial charge in [0.2, 0.25) is 17.7 Å². The van der Waals surface area contributed by atoms with Crippen LogP contribution in [0.1, 0.15) is 40.0 Å². The number of nitrogens with zero attached hydrogens (tertiary/aromatic N) is 13. The molecule has 6 aromatic carbocycles. The highest BCUT2D eigenvalue weighted by atomic mass is 35.5. The van der Waals surface area contributed by atoms with Crippen molar-refractivity contribution in [3.05, 3.63) is 223 Å². The molecule has 3 amide bonds. The Morgan fingerprint density at radius 3 is 1.56 bits per heavy atom. The average Bonchev–Trinajstić information content (AvgIpc) is 1.59. The number of benzene rings is 6. The second-order valence-electron chi connectivity index (χ2n) is 25.3. The van der Waals surface area contributed by atoms with Crippen LogP contribution in [0.5, 0.6) is 0 Å². The first-order valence-corrected chi connectivity index (χ1v) is 40.2. The Hall–Kier alpha value is -10.4. The van der Waals surface area contributed by atoms with Gasteiger partial charge in [0.15, 0.2) is 10.3 Å². The van der Waals surface area contributed by atoms with Gasteiger partial charge in [-0.1, -0.05) is 41.9 Å². The fraction of sp³-hybridized carbons (Fsp3) is 0.247. The zero-order chi connectivity index (χ0) is 73.6. The first kappa shape index (κ1) is 72.9. The lowest BCUT2D eigenvalue weighted by Gasteiger charge is -2.41. The Kier molecular flexibility index (Phi) is 21.9. The van der Waals surface area contributed by atoms with Crippen molar-refractivity contribution in [1.29, 1.82) is 0 Å². The third kappa shape index (κ3) is 16.7. The van der Waals surface area contributed by atoms with E-state index in [4.69, 9.17) is 11.6 Å². The Bertz CT molecular complexity index is 5420. The summed E-state index contributed by atoms with van der Waals surface area (Å²) in [4.78, 5) is 67.7. The summed E-state index contributed by atoms with van der Waals surface area (Å²) in [6, 6.07) is 45.3. The van der Waals surface area contributed by atoms with Crippen molar-refractivity contribution in [3.63, 3.8) is 0 Å². The molecule has 12 aromatic rings. The molecule has 0 saturated carbocycles. The van der Waals surface area contributed by atoms with Crippen LogP contribution >= 0.6 is 34.3 Å². The predicted octanol–water partition coefficient (Wildman–Crippen LogP) is 12.6. The summed E-state index contributed by atoms with van der Waals surface area (Å²) >= 11 is 8.60. The zero-order valence-corrected chi connectivity index (χ0v) is 62.0. The second-order valence-corrected chi connectivity index (χ2v) is 32.5. The maximum absolute atomic E-state index is 14.1. The summed E-state index contributed by atoms with van der Waals surface area (Å²) in [6.07, 6.45) is 11.5. The van der Waals surface area contributed by atoms with Gasteiger partial charge in [-0.25, -0.2) is 49.6 Å². The van der Waals surface area contributed by atoms with Crippen molar-refractivity contribution < 1.29 is 51.2 Å². The van der Waals surface area contributed by atoms with Crippen LogP contribution in [0, 0.1) is 5.82 Å². The van der Waals surface area contributed by atoms with Gasteiger partial charge in [0.25, 0.3) is 30.1 Å². The number of para-hydroxylation sites is 1. The topological polar surface area (TPSA) is 276 Å². The van der Waals surface area contributed by atoms with Crippen molar-refractivity contribution >= 4 is 148 Å². The molecule has 3 N–H and O–H groups in total. The molecule has 25 nitrogen and oxygen atoms in total. The first-order valence-electron chi connectivity index (χ1n) is 33.7. The van der Waals surface area contributed by atoms with Gasteiger partial charge in [-0.15, -0.1) is 22.7 Å². The molecule has 3 aliphatic rings. The number of piperazine rings is 3. The Labute approximate surface area is 627 Å². The number of hydrogen-bond acceptors (Lipinski definition) is 18. The summed E-state index contributed by atoms with van der Waals surface area (Å²) in [5.74, 6) is 0.0407. The lowest BCUT2D eigenvalue weighted by atomic mass is 10.1. The molecular weight excluding hydrogens is 1460 g/mol. The third-order valence-electron chi connectivity index (χ3n) is 18.7. The van der Waals surface area contributed by atoms with Crippen molar-refractivity contribution in [2.24, 2.45) is 0 Å². The number of hydrogen-bond donors (Lipinski definition) is 3. The summed E-state index contributed by atoms with van der Waals surface area (Å²) in [6.45, 7) is 12.9. The number of fused-ring (bicyclic) bond motifs is 3. The van der Waals surface area contributed by atoms with Crippen molar-refractivity contribution in [2.45, 2.75) is 60.1 Å². The number of thiazole rings is 2. The van der Waals surface area contributed by atoms with Crippen LogP contribution in [0.3, 0.4) is 0 Å². The number of anilines is 6. The highest BCUT2D eigenvalue weighted by molar-refractivity contribution is 7.93. The molecule has 3 atom stereocenters. The largest absolute Gasteiger partial charge is 0.368 e. The van der Waals surface area contributed by atoms with E-state index in [9.17, 15) is 44.0 Å². The summed E-state index contributed by atoms with van der Waals surface area (Å²) in [5, 5.41) is 7.41. The predicted molar refractivity (Wildman–Crippen MR) is 420 cm³/mol. The van der Waals surface area contributed by atoms with Gasteiger partial charge in [0, 0.05) is 172 Å². The molecule has 0 radical (unpaired) electrons. The normalized spacial score (nSPS) is 15.7. The molecule has 105 heavy (non-hydrogen) atoms. The number of aromatic nitrogens is 7. The standard InChI is InChI=1S/C25H25FN6O3S.C24H24ClN5O3S2.C24H25N5O3S2.5H2/c1-18(32-12-10-21-22(26)3-2-4-23(21)32)25(33)31-15-13-30(14-16-31)19-5-7-20(8-6-19)36(34,35)29-24-9-11-27-17-28-24;1-17-15-28(20-4-6-21(7-5-20)35(32,33)27-24-26-9-13-34-24)11-12-30(17)23(31)16-29-10-8-18-2-3-19(25)14-22(18)29;1-18(29-12-10-19-4-2-3-5-22(19)29)23(30)28-15-13-27(14-16-28)20-6-8-21(9-7-20)34(31,32)26-24-25-11-17-33-24;;;;;/h2-12,17-18H,13-16H2,1H3,(H,27,28,29);2-10,13-14,17H,11-12,15-16H2,1H3,(H,26,27);2-12,17-18H,13-16H2,1H3,(H,25,26);5*1H/t18-;17-;;;;;;/m00....../s1. The number of sulfonamides is 3. The SMILES string of the molecule is CC(C(=O)N1CCN(c2ccc(S(=O)(=O)Nc3nccs3)cc2)CC1)n1ccc2ccccc21.C[C@@H](C(=O)N1CCN(c2ccc(S(=O)(=O)Nc3ccncn3)cc2)CC1)n1ccc2c(F)cccc21.C[C@H]1CN(c2ccc(S(=O)(=O)Nc3nccs3)cc2)CCN1C(=O)Cn1ccc2ccc(Cl)cc21.[HH].[HH].[HH].[HH].[HH]. The van der Waals surface area contributed by atoms with Crippen LogP contribution in [0.2, 0.25) is 5.02 Å². The smallest absolute Gasteiger partial charge is 0.263 e. The van der Waals surface area contributed by atoms with Gasteiger partial charge < -0.3 is 43.1 Å². The minimum Gasteiger partial charge on any atom is -0.368 e. The van der Waals surface area contributed by atoms with Gasteiger partial charge in [-0.2, -0.15) is 0 Å². The van der Waals surface area contributed by atoms with E-state index in [-0.39, 0.29) is 69.8 Å². The minimum absolute atomic E-state index is 0. The zero-order valence-electron chi connectivity index (χ0n) is 57.2. The lowest BCUT2D eigenvalue weighted by Crippen LogP contribution is -2.54. The van der Waals surface area contributed by atoms with Crippen LogP contribution in [0.15, 0.2) is 227 Å². The van der Waals surface area contributed by atoms with E-state index in [0.29, 0.717) is 98.2 Å². The number of rotatable bonds is 18. The van der Waals surface area contributed by atoms with E-state index in [1.807, 2.05) is 134 Å². The number of carbonyl (C=O) groups excluding carboxylic acids is 3. The molecule has 6 aromatic heterocycles. The Morgan fingerprint density at radius 2 is 1.03 bits per heavy atom. The monoisotopic (exact) mass is 1540 g/mol. The van der Waals surface area contributed by atoms with Crippen LogP contribution in [-0.4, -0.2) is 169 Å². The van der Waals surface area contributed by atoms with Gasteiger partial charge in [-0.3, -0.25) is 28.5 Å². The Balaban J connectivity index is 0.000000203. The maximum atomic E-state index is 14.1. The van der Waals surface area contributed by atoms with E-state index < -0.39 is 36.1 Å². The average molecular weight is 1540 g/mol. The van der Waals surface area contributed by atoms with Crippen LogP contribution in [0.4, 0.5) is 37.5 Å².